The number of nitrogens with two attached hydrogens (primary N) is 1. The van der Waals surface area contributed by atoms with E-state index in [4.69, 9.17) is 22.1 Å². The molecule has 1 aromatic rings. The molecule has 2 atom stereocenters. The lowest BCUT2D eigenvalue weighted by Crippen LogP contribution is -2.27. The molecule has 0 aliphatic rings. The van der Waals surface area contributed by atoms with Crippen LogP contribution in [-0.4, -0.2) is 13.2 Å². The summed E-state index contributed by atoms with van der Waals surface area (Å²) in [5, 5.41) is 0.712. The van der Waals surface area contributed by atoms with Crippen LogP contribution in [0.2, 0.25) is 5.02 Å². The van der Waals surface area contributed by atoms with E-state index >= 15 is 0 Å². The smallest absolute Gasteiger partial charge is 0.0761 e. The molecule has 0 heterocycles. The van der Waals surface area contributed by atoms with Crippen molar-refractivity contribution in [3.63, 3.8) is 0 Å². The third-order valence-corrected chi connectivity index (χ3v) is 2.57. The highest BCUT2D eigenvalue weighted by atomic mass is 35.5. The van der Waals surface area contributed by atoms with Gasteiger partial charge in [0.2, 0.25) is 0 Å². The highest BCUT2D eigenvalue weighted by Gasteiger charge is 2.16. The Kier molecular flexibility index (Phi) is 4.39. The molecule has 0 fully saturated rings. The second-order valence-electron chi connectivity index (χ2n) is 3.26. The standard InChI is InChI=1S/C11H16ClNO/c1-3-10(14-2)11(13)8-5-4-6-9(12)7-8/h4-7,10-11H,3,13H2,1-2H3. The van der Waals surface area contributed by atoms with Crippen molar-refractivity contribution in [3.05, 3.63) is 34.9 Å². The number of benzene rings is 1. The van der Waals surface area contributed by atoms with Gasteiger partial charge in [-0.3, -0.25) is 0 Å². The summed E-state index contributed by atoms with van der Waals surface area (Å²) in [6.07, 6.45) is 0.943. The van der Waals surface area contributed by atoms with Gasteiger partial charge in [0, 0.05) is 12.1 Å². The maximum absolute atomic E-state index is 6.05. The maximum atomic E-state index is 6.05. The summed E-state index contributed by atoms with van der Waals surface area (Å²) in [4.78, 5) is 0. The van der Waals surface area contributed by atoms with E-state index in [1.807, 2.05) is 24.3 Å². The maximum Gasteiger partial charge on any atom is 0.0761 e. The molecule has 0 amide bonds. The van der Waals surface area contributed by atoms with Crippen LogP contribution in [0.5, 0.6) is 0 Å². The van der Waals surface area contributed by atoms with Crippen molar-refractivity contribution in [2.75, 3.05) is 7.11 Å². The lowest BCUT2D eigenvalue weighted by molar-refractivity contribution is 0.0772. The topological polar surface area (TPSA) is 35.2 Å². The zero-order valence-corrected chi connectivity index (χ0v) is 9.29. The van der Waals surface area contributed by atoms with Crippen molar-refractivity contribution in [1.82, 2.24) is 0 Å². The first-order chi connectivity index (χ1) is 6.69. The van der Waals surface area contributed by atoms with E-state index in [0.717, 1.165) is 12.0 Å². The molecule has 0 aliphatic carbocycles. The summed E-state index contributed by atoms with van der Waals surface area (Å²) in [6.45, 7) is 2.05. The minimum Gasteiger partial charge on any atom is -0.379 e. The average Bonchev–Trinajstić information content (AvgIpc) is 2.19. The fourth-order valence-corrected chi connectivity index (χ4v) is 1.69. The van der Waals surface area contributed by atoms with Gasteiger partial charge in [-0.25, -0.2) is 0 Å². The molecule has 2 N–H and O–H groups in total. The average molecular weight is 214 g/mol. The third kappa shape index (κ3) is 2.71. The molecule has 1 aromatic carbocycles. The van der Waals surface area contributed by atoms with E-state index < -0.39 is 0 Å². The van der Waals surface area contributed by atoms with E-state index in [2.05, 4.69) is 6.92 Å². The first-order valence-corrected chi connectivity index (χ1v) is 5.10. The van der Waals surface area contributed by atoms with Gasteiger partial charge in [0.05, 0.1) is 12.1 Å². The van der Waals surface area contributed by atoms with Crippen LogP contribution in [0.25, 0.3) is 0 Å². The fraction of sp³-hybridized carbons (Fsp3) is 0.455. The first kappa shape index (κ1) is 11.5. The number of methoxy groups -OCH3 is 1. The van der Waals surface area contributed by atoms with E-state index in [9.17, 15) is 0 Å². The van der Waals surface area contributed by atoms with Gasteiger partial charge >= 0.3 is 0 Å². The third-order valence-electron chi connectivity index (χ3n) is 2.34. The molecule has 3 heteroatoms. The summed E-state index contributed by atoms with van der Waals surface area (Å²) < 4.78 is 5.29. The van der Waals surface area contributed by atoms with E-state index in [1.54, 1.807) is 7.11 Å². The number of hydrogen-bond donors (Lipinski definition) is 1. The Bertz CT molecular complexity index is 286. The minimum absolute atomic E-state index is 0.0495. The van der Waals surface area contributed by atoms with Gasteiger partial charge in [0.1, 0.15) is 0 Å². The monoisotopic (exact) mass is 213 g/mol. The van der Waals surface area contributed by atoms with Crippen LogP contribution >= 0.6 is 11.6 Å². The molecule has 2 unspecified atom stereocenters. The highest BCUT2D eigenvalue weighted by Crippen LogP contribution is 2.21. The van der Waals surface area contributed by atoms with Gasteiger partial charge in [-0.15, -0.1) is 0 Å². The summed E-state index contributed by atoms with van der Waals surface area (Å²) in [6, 6.07) is 7.49. The molecule has 0 saturated heterocycles. The van der Waals surface area contributed by atoms with Crippen LogP contribution in [0.15, 0.2) is 24.3 Å². The number of halogens is 1. The van der Waals surface area contributed by atoms with Gasteiger partial charge < -0.3 is 10.5 Å². The van der Waals surface area contributed by atoms with Crippen molar-refractivity contribution >= 4 is 11.6 Å². The van der Waals surface area contributed by atoms with Gasteiger partial charge in [-0.2, -0.15) is 0 Å². The summed E-state index contributed by atoms with van der Waals surface area (Å²) >= 11 is 5.88. The molecular weight excluding hydrogens is 198 g/mol. The molecule has 0 spiro atoms. The Balaban J connectivity index is 2.82. The summed E-state index contributed by atoms with van der Waals surface area (Å²) in [5.41, 5.74) is 7.07. The van der Waals surface area contributed by atoms with Gasteiger partial charge in [0.25, 0.3) is 0 Å². The van der Waals surface area contributed by atoms with E-state index in [1.165, 1.54) is 0 Å². The predicted molar refractivity (Wildman–Crippen MR) is 59.5 cm³/mol. The molecule has 78 valence electrons. The molecule has 1 rings (SSSR count). The second kappa shape index (κ2) is 5.35. The normalized spacial score (nSPS) is 15.1. The SMILES string of the molecule is CCC(OC)C(N)c1cccc(Cl)c1. The van der Waals surface area contributed by atoms with Gasteiger partial charge in [-0.05, 0) is 24.1 Å². The Hall–Kier alpha value is -0.570. The van der Waals surface area contributed by atoms with Crippen LogP contribution in [0.4, 0.5) is 0 Å². The van der Waals surface area contributed by atoms with Crippen LogP contribution in [0.1, 0.15) is 24.9 Å². The predicted octanol–water partition coefficient (Wildman–Crippen LogP) is 2.76. The van der Waals surface area contributed by atoms with Crippen molar-refractivity contribution in [1.29, 1.82) is 0 Å². The quantitative estimate of drug-likeness (QED) is 0.835. The number of ether oxygens (including phenoxy) is 1. The lowest BCUT2D eigenvalue weighted by Gasteiger charge is -2.21. The zero-order valence-electron chi connectivity index (χ0n) is 8.53. The number of rotatable bonds is 4. The van der Waals surface area contributed by atoms with Crippen molar-refractivity contribution in [2.24, 2.45) is 5.73 Å². The minimum atomic E-state index is -0.108. The van der Waals surface area contributed by atoms with Crippen molar-refractivity contribution < 1.29 is 4.74 Å². The number of hydrogen-bond acceptors (Lipinski definition) is 2. The summed E-state index contributed by atoms with van der Waals surface area (Å²) in [7, 11) is 1.68. The Morgan fingerprint density at radius 1 is 1.50 bits per heavy atom. The Morgan fingerprint density at radius 2 is 2.21 bits per heavy atom. The molecule has 0 bridgehead atoms. The Morgan fingerprint density at radius 3 is 2.71 bits per heavy atom. The van der Waals surface area contributed by atoms with Crippen LogP contribution in [0, 0.1) is 0 Å². The van der Waals surface area contributed by atoms with Gasteiger partial charge in [-0.1, -0.05) is 30.7 Å². The molecule has 0 aromatic heterocycles. The molecular formula is C11H16ClNO. The van der Waals surface area contributed by atoms with E-state index in [0.29, 0.717) is 5.02 Å². The molecule has 14 heavy (non-hydrogen) atoms. The fourth-order valence-electron chi connectivity index (χ4n) is 1.50. The van der Waals surface area contributed by atoms with Crippen LogP contribution in [-0.2, 0) is 4.74 Å². The van der Waals surface area contributed by atoms with Crippen LogP contribution < -0.4 is 5.73 Å². The van der Waals surface area contributed by atoms with Gasteiger partial charge in [0.15, 0.2) is 0 Å². The molecule has 0 aliphatic heterocycles. The molecule has 0 saturated carbocycles. The van der Waals surface area contributed by atoms with Crippen molar-refractivity contribution in [3.8, 4) is 0 Å². The lowest BCUT2D eigenvalue weighted by atomic mass is 10.0. The second-order valence-corrected chi connectivity index (χ2v) is 3.70. The molecule has 2 nitrogen and oxygen atoms in total. The van der Waals surface area contributed by atoms with Crippen LogP contribution in [0.3, 0.4) is 0 Å². The largest absolute Gasteiger partial charge is 0.379 e. The Labute approximate surface area is 90.0 Å². The van der Waals surface area contributed by atoms with Crippen molar-refractivity contribution in [2.45, 2.75) is 25.5 Å². The first-order valence-electron chi connectivity index (χ1n) is 4.72. The highest BCUT2D eigenvalue weighted by molar-refractivity contribution is 6.30. The zero-order chi connectivity index (χ0) is 10.6. The van der Waals surface area contributed by atoms with E-state index in [-0.39, 0.29) is 12.1 Å². The summed E-state index contributed by atoms with van der Waals surface area (Å²) in [5.74, 6) is 0. The molecule has 0 radical (unpaired) electrons.